The third-order valence-corrected chi connectivity index (χ3v) is 2.77. The van der Waals surface area contributed by atoms with E-state index >= 15 is 0 Å². The van der Waals surface area contributed by atoms with E-state index in [0.29, 0.717) is 12.2 Å². The van der Waals surface area contributed by atoms with E-state index in [9.17, 15) is 0 Å². The Morgan fingerprint density at radius 1 is 1.00 bits per heavy atom. The van der Waals surface area contributed by atoms with Crippen LogP contribution in [-0.2, 0) is 9.47 Å². The smallest absolute Gasteiger partial charge is 0.0984 e. The van der Waals surface area contributed by atoms with Crippen molar-refractivity contribution in [2.45, 2.75) is 12.2 Å². The SMILES string of the molecule is c1ccc(N(C[C@@H]2CO2)C[C@@H]2CO2)cc1. The zero-order chi connectivity index (χ0) is 10.1. The van der Waals surface area contributed by atoms with E-state index in [1.807, 2.05) is 6.07 Å². The number of para-hydroxylation sites is 1. The maximum atomic E-state index is 5.28. The van der Waals surface area contributed by atoms with E-state index in [0.717, 1.165) is 26.3 Å². The molecule has 1 aromatic rings. The molecule has 15 heavy (non-hydrogen) atoms. The first-order chi connectivity index (χ1) is 7.42. The van der Waals surface area contributed by atoms with Gasteiger partial charge in [0.05, 0.1) is 25.4 Å². The summed E-state index contributed by atoms with van der Waals surface area (Å²) in [6, 6.07) is 10.5. The fourth-order valence-electron chi connectivity index (χ4n) is 1.76. The molecular formula is C12H15NO2. The molecule has 1 aromatic carbocycles. The Hall–Kier alpha value is -1.06. The number of anilines is 1. The first-order valence-electron chi connectivity index (χ1n) is 5.45. The van der Waals surface area contributed by atoms with Crippen molar-refractivity contribution in [1.82, 2.24) is 0 Å². The molecule has 0 spiro atoms. The first-order valence-corrected chi connectivity index (χ1v) is 5.45. The molecule has 0 radical (unpaired) electrons. The molecule has 0 aliphatic carbocycles. The van der Waals surface area contributed by atoms with Crippen LogP contribution in [0.4, 0.5) is 5.69 Å². The summed E-state index contributed by atoms with van der Waals surface area (Å²) in [4.78, 5) is 2.36. The molecule has 0 N–H and O–H groups in total. The molecule has 2 heterocycles. The molecule has 0 bridgehead atoms. The Bertz CT molecular complexity index is 306. The second-order valence-corrected chi connectivity index (χ2v) is 4.15. The number of ether oxygens (including phenoxy) is 2. The molecule has 0 unspecified atom stereocenters. The molecule has 2 aliphatic heterocycles. The maximum Gasteiger partial charge on any atom is 0.0984 e. The molecule has 80 valence electrons. The van der Waals surface area contributed by atoms with Crippen LogP contribution in [0.1, 0.15) is 0 Å². The Kier molecular flexibility index (Phi) is 2.35. The van der Waals surface area contributed by atoms with Crippen molar-refractivity contribution in [2.75, 3.05) is 31.2 Å². The van der Waals surface area contributed by atoms with Gasteiger partial charge in [-0.3, -0.25) is 0 Å². The molecule has 2 aliphatic rings. The van der Waals surface area contributed by atoms with Crippen molar-refractivity contribution < 1.29 is 9.47 Å². The van der Waals surface area contributed by atoms with E-state index in [4.69, 9.17) is 9.47 Å². The fraction of sp³-hybridized carbons (Fsp3) is 0.500. The lowest BCUT2D eigenvalue weighted by Gasteiger charge is -2.23. The van der Waals surface area contributed by atoms with E-state index in [1.54, 1.807) is 0 Å². The fourth-order valence-corrected chi connectivity index (χ4v) is 1.76. The Morgan fingerprint density at radius 3 is 2.00 bits per heavy atom. The zero-order valence-corrected chi connectivity index (χ0v) is 8.63. The highest BCUT2D eigenvalue weighted by Crippen LogP contribution is 2.21. The summed E-state index contributed by atoms with van der Waals surface area (Å²) in [6.07, 6.45) is 0.868. The number of rotatable bonds is 5. The van der Waals surface area contributed by atoms with Crippen LogP contribution in [0.25, 0.3) is 0 Å². The predicted molar refractivity (Wildman–Crippen MR) is 58.1 cm³/mol. The van der Waals surface area contributed by atoms with Gasteiger partial charge in [0, 0.05) is 18.8 Å². The van der Waals surface area contributed by atoms with Crippen molar-refractivity contribution in [2.24, 2.45) is 0 Å². The predicted octanol–water partition coefficient (Wildman–Crippen LogP) is 1.29. The number of epoxide rings is 2. The van der Waals surface area contributed by atoms with Gasteiger partial charge in [0.1, 0.15) is 0 Å². The van der Waals surface area contributed by atoms with Gasteiger partial charge in [-0.15, -0.1) is 0 Å². The minimum Gasteiger partial charge on any atom is -0.371 e. The highest BCUT2D eigenvalue weighted by atomic mass is 16.6. The van der Waals surface area contributed by atoms with Crippen LogP contribution in [0, 0.1) is 0 Å². The molecular weight excluding hydrogens is 190 g/mol. The lowest BCUT2D eigenvalue weighted by molar-refractivity contribution is 0.389. The van der Waals surface area contributed by atoms with Gasteiger partial charge in [-0.2, -0.15) is 0 Å². The molecule has 2 atom stereocenters. The quantitative estimate of drug-likeness (QED) is 0.678. The number of hydrogen-bond acceptors (Lipinski definition) is 3. The lowest BCUT2D eigenvalue weighted by atomic mass is 10.2. The maximum absolute atomic E-state index is 5.28. The van der Waals surface area contributed by atoms with Crippen LogP contribution in [-0.4, -0.2) is 38.5 Å². The minimum absolute atomic E-state index is 0.434. The van der Waals surface area contributed by atoms with Crippen LogP contribution < -0.4 is 4.90 Å². The summed E-state index contributed by atoms with van der Waals surface area (Å²) in [5, 5.41) is 0. The Balaban J connectivity index is 1.69. The number of benzene rings is 1. The van der Waals surface area contributed by atoms with Crippen molar-refractivity contribution in [3.63, 3.8) is 0 Å². The standard InChI is InChI=1S/C12H15NO2/c1-2-4-10(5-3-1)13(6-11-8-14-11)7-12-9-15-12/h1-5,11-12H,6-9H2/t11-,12-/m1/s1. The average Bonchev–Trinajstić information content (AvgIpc) is 3.13. The van der Waals surface area contributed by atoms with E-state index in [-0.39, 0.29) is 0 Å². The van der Waals surface area contributed by atoms with E-state index in [2.05, 4.69) is 29.2 Å². The second-order valence-electron chi connectivity index (χ2n) is 4.15. The molecule has 2 saturated heterocycles. The summed E-state index contributed by atoms with van der Waals surface area (Å²) < 4.78 is 10.6. The van der Waals surface area contributed by atoms with Crippen LogP contribution in [0.3, 0.4) is 0 Å². The van der Waals surface area contributed by atoms with Crippen LogP contribution in [0.5, 0.6) is 0 Å². The third kappa shape index (κ3) is 2.49. The van der Waals surface area contributed by atoms with Gasteiger partial charge in [-0.05, 0) is 12.1 Å². The highest BCUT2D eigenvalue weighted by Gasteiger charge is 2.30. The normalized spacial score (nSPS) is 27.5. The summed E-state index contributed by atoms with van der Waals surface area (Å²) in [7, 11) is 0. The van der Waals surface area contributed by atoms with Gasteiger partial charge in [-0.25, -0.2) is 0 Å². The average molecular weight is 205 g/mol. The summed E-state index contributed by atoms with van der Waals surface area (Å²) in [5.74, 6) is 0. The summed E-state index contributed by atoms with van der Waals surface area (Å²) >= 11 is 0. The lowest BCUT2D eigenvalue weighted by Crippen LogP contribution is -2.31. The van der Waals surface area contributed by atoms with E-state index in [1.165, 1.54) is 5.69 Å². The van der Waals surface area contributed by atoms with Crippen LogP contribution >= 0.6 is 0 Å². The monoisotopic (exact) mass is 205 g/mol. The molecule has 0 aromatic heterocycles. The van der Waals surface area contributed by atoms with Crippen molar-refractivity contribution in [1.29, 1.82) is 0 Å². The zero-order valence-electron chi connectivity index (χ0n) is 8.63. The number of nitrogens with zero attached hydrogens (tertiary/aromatic N) is 1. The third-order valence-electron chi connectivity index (χ3n) is 2.77. The molecule has 2 fully saturated rings. The molecule has 0 amide bonds. The molecule has 3 nitrogen and oxygen atoms in total. The van der Waals surface area contributed by atoms with Gasteiger partial charge in [-0.1, -0.05) is 18.2 Å². The topological polar surface area (TPSA) is 28.3 Å². The minimum atomic E-state index is 0.434. The van der Waals surface area contributed by atoms with Crippen LogP contribution in [0.15, 0.2) is 30.3 Å². The van der Waals surface area contributed by atoms with Gasteiger partial charge in [0.2, 0.25) is 0 Å². The molecule has 3 rings (SSSR count). The van der Waals surface area contributed by atoms with Crippen molar-refractivity contribution in [3.8, 4) is 0 Å². The number of hydrogen-bond donors (Lipinski definition) is 0. The Morgan fingerprint density at radius 2 is 1.53 bits per heavy atom. The van der Waals surface area contributed by atoms with Crippen molar-refractivity contribution in [3.05, 3.63) is 30.3 Å². The largest absolute Gasteiger partial charge is 0.371 e. The second kappa shape index (κ2) is 3.83. The first kappa shape index (κ1) is 9.19. The summed E-state index contributed by atoms with van der Waals surface area (Å²) in [6.45, 7) is 3.80. The molecule has 0 saturated carbocycles. The van der Waals surface area contributed by atoms with Gasteiger partial charge in [0.15, 0.2) is 0 Å². The Labute approximate surface area is 89.6 Å². The van der Waals surface area contributed by atoms with Gasteiger partial charge >= 0.3 is 0 Å². The van der Waals surface area contributed by atoms with Gasteiger partial charge < -0.3 is 14.4 Å². The molecule has 3 heteroatoms. The van der Waals surface area contributed by atoms with Crippen molar-refractivity contribution >= 4 is 5.69 Å². The van der Waals surface area contributed by atoms with Crippen LogP contribution in [0.2, 0.25) is 0 Å². The van der Waals surface area contributed by atoms with Gasteiger partial charge in [0.25, 0.3) is 0 Å². The highest BCUT2D eigenvalue weighted by molar-refractivity contribution is 5.46. The van der Waals surface area contributed by atoms with E-state index < -0.39 is 0 Å². The summed E-state index contributed by atoms with van der Waals surface area (Å²) in [5.41, 5.74) is 1.27.